The molecule has 0 saturated carbocycles. The van der Waals surface area contributed by atoms with Crippen LogP contribution < -0.4 is 0 Å². The van der Waals surface area contributed by atoms with Crippen molar-refractivity contribution in [3.8, 4) is 0 Å². The summed E-state index contributed by atoms with van der Waals surface area (Å²) in [7, 11) is 0. The molecule has 0 radical (unpaired) electrons. The van der Waals surface area contributed by atoms with Crippen molar-refractivity contribution in [3.63, 3.8) is 0 Å². The Balaban J connectivity index is 2.03. The number of hydrogen-bond donors (Lipinski definition) is 0. The van der Waals surface area contributed by atoms with E-state index in [1.165, 1.54) is 5.56 Å². The maximum Gasteiger partial charge on any atom is 0.193 e. The van der Waals surface area contributed by atoms with Crippen LogP contribution in [0, 0.1) is 0 Å². The fraction of sp³-hybridized carbons (Fsp3) is 0.111. The fourth-order valence-corrected chi connectivity index (χ4v) is 2.32. The molecule has 3 rings (SSSR count). The Morgan fingerprint density at radius 2 is 1.85 bits per heavy atom. The Labute approximate surface area is 118 Å². The van der Waals surface area contributed by atoms with Crippen LogP contribution in [0.5, 0.6) is 0 Å². The standard InChI is InChI=1S/C18H15NO/c1-2-13-5-3-6-15(11-13)18(20)16-8-9-17-14(12-16)7-4-10-19-17/h3-12H,2H2,1H3. The van der Waals surface area contributed by atoms with Gasteiger partial charge in [0.05, 0.1) is 5.52 Å². The third-order valence-corrected chi connectivity index (χ3v) is 3.46. The third-order valence-electron chi connectivity index (χ3n) is 3.46. The molecule has 2 aromatic carbocycles. The highest BCUT2D eigenvalue weighted by molar-refractivity contribution is 6.10. The predicted octanol–water partition coefficient (Wildman–Crippen LogP) is 4.03. The number of aromatic nitrogens is 1. The molecule has 0 aliphatic carbocycles. The van der Waals surface area contributed by atoms with E-state index in [0.29, 0.717) is 5.56 Å². The van der Waals surface area contributed by atoms with E-state index in [-0.39, 0.29) is 5.78 Å². The first-order valence-corrected chi connectivity index (χ1v) is 6.76. The summed E-state index contributed by atoms with van der Waals surface area (Å²) in [4.78, 5) is 16.8. The van der Waals surface area contributed by atoms with Crippen LogP contribution in [0.25, 0.3) is 10.9 Å². The lowest BCUT2D eigenvalue weighted by Gasteiger charge is -2.05. The van der Waals surface area contributed by atoms with E-state index in [1.807, 2.05) is 54.6 Å². The highest BCUT2D eigenvalue weighted by Crippen LogP contribution is 2.17. The zero-order chi connectivity index (χ0) is 13.9. The number of nitrogens with zero attached hydrogens (tertiary/aromatic N) is 1. The summed E-state index contributed by atoms with van der Waals surface area (Å²) in [5.41, 5.74) is 3.54. The van der Waals surface area contributed by atoms with Gasteiger partial charge >= 0.3 is 0 Å². The molecule has 0 spiro atoms. The highest BCUT2D eigenvalue weighted by atomic mass is 16.1. The second kappa shape index (κ2) is 5.25. The molecular formula is C18H15NO. The molecule has 0 N–H and O–H groups in total. The molecule has 0 aliphatic rings. The van der Waals surface area contributed by atoms with Crippen LogP contribution in [0.3, 0.4) is 0 Å². The Morgan fingerprint density at radius 3 is 2.70 bits per heavy atom. The van der Waals surface area contributed by atoms with Crippen molar-refractivity contribution in [2.75, 3.05) is 0 Å². The molecule has 0 saturated heterocycles. The van der Waals surface area contributed by atoms with Gasteiger partial charge in [-0.15, -0.1) is 0 Å². The van der Waals surface area contributed by atoms with E-state index in [0.717, 1.165) is 22.9 Å². The first-order chi connectivity index (χ1) is 9.78. The number of fused-ring (bicyclic) bond motifs is 1. The van der Waals surface area contributed by atoms with Crippen molar-refractivity contribution in [2.45, 2.75) is 13.3 Å². The number of aryl methyl sites for hydroxylation is 1. The van der Waals surface area contributed by atoms with Crippen molar-refractivity contribution in [2.24, 2.45) is 0 Å². The molecule has 0 atom stereocenters. The van der Waals surface area contributed by atoms with E-state index >= 15 is 0 Å². The summed E-state index contributed by atoms with van der Waals surface area (Å²) in [6.45, 7) is 2.09. The molecule has 1 heterocycles. The molecule has 1 aromatic heterocycles. The fourth-order valence-electron chi connectivity index (χ4n) is 2.32. The zero-order valence-electron chi connectivity index (χ0n) is 11.3. The van der Waals surface area contributed by atoms with Gasteiger partial charge < -0.3 is 0 Å². The molecular weight excluding hydrogens is 246 g/mol. The first-order valence-electron chi connectivity index (χ1n) is 6.76. The van der Waals surface area contributed by atoms with E-state index in [9.17, 15) is 4.79 Å². The summed E-state index contributed by atoms with van der Waals surface area (Å²) >= 11 is 0. The number of benzene rings is 2. The summed E-state index contributed by atoms with van der Waals surface area (Å²) in [6, 6.07) is 17.3. The van der Waals surface area contributed by atoms with E-state index in [4.69, 9.17) is 0 Å². The normalized spacial score (nSPS) is 10.7. The van der Waals surface area contributed by atoms with Gasteiger partial charge in [-0.25, -0.2) is 0 Å². The van der Waals surface area contributed by atoms with Crippen LogP contribution in [0.4, 0.5) is 0 Å². The molecule has 20 heavy (non-hydrogen) atoms. The number of rotatable bonds is 3. The van der Waals surface area contributed by atoms with Crippen LogP contribution in [0.1, 0.15) is 28.4 Å². The minimum absolute atomic E-state index is 0.0612. The average Bonchev–Trinajstić information content (AvgIpc) is 2.53. The molecule has 98 valence electrons. The Kier molecular flexibility index (Phi) is 3.30. The lowest BCUT2D eigenvalue weighted by atomic mass is 9.99. The van der Waals surface area contributed by atoms with Crippen LogP contribution in [0.2, 0.25) is 0 Å². The minimum atomic E-state index is 0.0612. The van der Waals surface area contributed by atoms with Gasteiger partial charge in [-0.2, -0.15) is 0 Å². The first kappa shape index (κ1) is 12.5. The summed E-state index contributed by atoms with van der Waals surface area (Å²) < 4.78 is 0. The van der Waals surface area contributed by atoms with Crippen LogP contribution in [-0.2, 0) is 6.42 Å². The Hall–Kier alpha value is -2.48. The lowest BCUT2D eigenvalue weighted by Crippen LogP contribution is -2.02. The van der Waals surface area contributed by atoms with E-state index < -0.39 is 0 Å². The predicted molar refractivity (Wildman–Crippen MR) is 81.0 cm³/mol. The Morgan fingerprint density at radius 1 is 1.00 bits per heavy atom. The van der Waals surface area contributed by atoms with Crippen molar-refractivity contribution in [3.05, 3.63) is 77.5 Å². The molecule has 0 aliphatic heterocycles. The number of carbonyl (C=O) groups is 1. The third kappa shape index (κ3) is 2.32. The highest BCUT2D eigenvalue weighted by Gasteiger charge is 2.10. The Bertz CT molecular complexity index is 777. The SMILES string of the molecule is CCc1cccc(C(=O)c2ccc3ncccc3c2)c1. The van der Waals surface area contributed by atoms with Gasteiger partial charge in [0.2, 0.25) is 0 Å². The van der Waals surface area contributed by atoms with E-state index in [2.05, 4.69) is 11.9 Å². The number of ketones is 1. The zero-order valence-corrected chi connectivity index (χ0v) is 11.3. The van der Waals surface area contributed by atoms with Gasteiger partial charge in [-0.3, -0.25) is 9.78 Å². The maximum atomic E-state index is 12.5. The maximum absolute atomic E-state index is 12.5. The molecule has 3 aromatic rings. The molecule has 0 amide bonds. The summed E-state index contributed by atoms with van der Waals surface area (Å²) in [6.07, 6.45) is 2.69. The molecule has 2 nitrogen and oxygen atoms in total. The van der Waals surface area contributed by atoms with Crippen molar-refractivity contribution < 1.29 is 4.79 Å². The average molecular weight is 261 g/mol. The molecule has 0 bridgehead atoms. The van der Waals surface area contributed by atoms with Gasteiger partial charge in [-0.05, 0) is 42.3 Å². The number of hydrogen-bond acceptors (Lipinski definition) is 2. The van der Waals surface area contributed by atoms with Crippen LogP contribution in [0.15, 0.2) is 60.8 Å². The largest absolute Gasteiger partial charge is 0.289 e. The van der Waals surface area contributed by atoms with Crippen molar-refractivity contribution >= 4 is 16.7 Å². The molecule has 0 fully saturated rings. The van der Waals surface area contributed by atoms with Gasteiger partial charge in [-0.1, -0.05) is 31.2 Å². The summed E-state index contributed by atoms with van der Waals surface area (Å²) in [5.74, 6) is 0.0612. The van der Waals surface area contributed by atoms with Crippen molar-refractivity contribution in [1.29, 1.82) is 0 Å². The quantitative estimate of drug-likeness (QED) is 0.666. The lowest BCUT2D eigenvalue weighted by molar-refractivity contribution is 0.103. The van der Waals surface area contributed by atoms with Gasteiger partial charge in [0, 0.05) is 22.7 Å². The van der Waals surface area contributed by atoms with Gasteiger partial charge in [0.15, 0.2) is 5.78 Å². The number of pyridine rings is 1. The van der Waals surface area contributed by atoms with Crippen LogP contribution >= 0.6 is 0 Å². The van der Waals surface area contributed by atoms with Crippen molar-refractivity contribution in [1.82, 2.24) is 4.98 Å². The second-order valence-corrected chi connectivity index (χ2v) is 4.79. The van der Waals surface area contributed by atoms with Crippen LogP contribution in [-0.4, -0.2) is 10.8 Å². The monoisotopic (exact) mass is 261 g/mol. The summed E-state index contributed by atoms with van der Waals surface area (Å²) in [5, 5.41) is 0.991. The topological polar surface area (TPSA) is 30.0 Å². The second-order valence-electron chi connectivity index (χ2n) is 4.79. The number of carbonyl (C=O) groups excluding carboxylic acids is 1. The van der Waals surface area contributed by atoms with Gasteiger partial charge in [0.1, 0.15) is 0 Å². The minimum Gasteiger partial charge on any atom is -0.289 e. The smallest absolute Gasteiger partial charge is 0.193 e. The molecule has 0 unspecified atom stereocenters. The molecule has 2 heteroatoms. The van der Waals surface area contributed by atoms with E-state index in [1.54, 1.807) is 6.20 Å². The van der Waals surface area contributed by atoms with Gasteiger partial charge in [0.25, 0.3) is 0 Å².